The SMILES string of the molecule is C=N/N=C(\C)c1cc(N=C)ccc1O. The number of phenolic OH excluding ortho intramolecular Hbond substituents is 1. The van der Waals surface area contributed by atoms with Crippen LogP contribution in [0.4, 0.5) is 5.69 Å². The molecule has 0 aliphatic heterocycles. The Bertz CT molecular complexity index is 396. The Morgan fingerprint density at radius 3 is 2.64 bits per heavy atom. The van der Waals surface area contributed by atoms with E-state index in [0.717, 1.165) is 0 Å². The van der Waals surface area contributed by atoms with E-state index in [1.165, 1.54) is 0 Å². The summed E-state index contributed by atoms with van der Waals surface area (Å²) in [5, 5.41) is 16.7. The highest BCUT2D eigenvalue weighted by molar-refractivity contribution is 6.01. The maximum Gasteiger partial charge on any atom is 0.124 e. The van der Waals surface area contributed by atoms with Crippen LogP contribution in [-0.4, -0.2) is 24.3 Å². The number of hydrogen-bond donors (Lipinski definition) is 1. The molecule has 0 bridgehead atoms. The van der Waals surface area contributed by atoms with Crippen molar-refractivity contribution in [3.05, 3.63) is 23.8 Å². The van der Waals surface area contributed by atoms with E-state index in [9.17, 15) is 5.11 Å². The van der Waals surface area contributed by atoms with Gasteiger partial charge in [-0.05, 0) is 31.8 Å². The fourth-order valence-corrected chi connectivity index (χ4v) is 1.07. The van der Waals surface area contributed by atoms with Gasteiger partial charge >= 0.3 is 0 Å². The van der Waals surface area contributed by atoms with E-state index in [1.54, 1.807) is 25.1 Å². The third-order valence-corrected chi connectivity index (χ3v) is 1.77. The molecule has 0 atom stereocenters. The number of phenols is 1. The maximum atomic E-state index is 9.52. The van der Waals surface area contributed by atoms with Gasteiger partial charge in [-0.25, -0.2) is 0 Å². The van der Waals surface area contributed by atoms with Crippen molar-refractivity contribution in [1.82, 2.24) is 0 Å². The minimum Gasteiger partial charge on any atom is -0.507 e. The average Bonchev–Trinajstić information content (AvgIpc) is 2.19. The number of aromatic hydroxyl groups is 1. The average molecular weight is 189 g/mol. The predicted molar refractivity (Wildman–Crippen MR) is 59.1 cm³/mol. The van der Waals surface area contributed by atoms with Gasteiger partial charge in [0.1, 0.15) is 5.75 Å². The van der Waals surface area contributed by atoms with E-state index in [2.05, 4.69) is 28.6 Å². The molecule has 0 radical (unpaired) electrons. The molecule has 0 saturated carbocycles. The molecular formula is C10H11N3O. The van der Waals surface area contributed by atoms with Crippen molar-refractivity contribution >= 4 is 24.8 Å². The number of aliphatic imine (C=N–C) groups is 1. The first kappa shape index (κ1) is 10.1. The minimum atomic E-state index is 0.141. The molecule has 1 N–H and O–H groups in total. The highest BCUT2D eigenvalue weighted by Crippen LogP contribution is 2.23. The van der Waals surface area contributed by atoms with E-state index in [0.29, 0.717) is 17.0 Å². The van der Waals surface area contributed by atoms with E-state index >= 15 is 0 Å². The van der Waals surface area contributed by atoms with Crippen LogP contribution >= 0.6 is 0 Å². The first-order chi connectivity index (χ1) is 6.69. The topological polar surface area (TPSA) is 57.3 Å². The highest BCUT2D eigenvalue weighted by Gasteiger charge is 2.05. The van der Waals surface area contributed by atoms with Crippen molar-refractivity contribution in [3.8, 4) is 5.75 Å². The van der Waals surface area contributed by atoms with Crippen LogP contribution in [0, 0.1) is 0 Å². The molecule has 72 valence electrons. The quantitative estimate of drug-likeness (QED) is 0.574. The molecule has 14 heavy (non-hydrogen) atoms. The van der Waals surface area contributed by atoms with Gasteiger partial charge in [-0.1, -0.05) is 0 Å². The van der Waals surface area contributed by atoms with Crippen molar-refractivity contribution in [2.45, 2.75) is 6.92 Å². The third-order valence-electron chi connectivity index (χ3n) is 1.77. The molecule has 4 nitrogen and oxygen atoms in total. The van der Waals surface area contributed by atoms with Crippen LogP contribution in [0.2, 0.25) is 0 Å². The number of benzene rings is 1. The van der Waals surface area contributed by atoms with Crippen molar-refractivity contribution in [3.63, 3.8) is 0 Å². The van der Waals surface area contributed by atoms with Gasteiger partial charge in [0.2, 0.25) is 0 Å². The summed E-state index contributed by atoms with van der Waals surface area (Å²) in [6, 6.07) is 4.90. The second-order valence-electron chi connectivity index (χ2n) is 2.69. The summed E-state index contributed by atoms with van der Waals surface area (Å²) in [4.78, 5) is 3.75. The standard InChI is InChI=1S/C10H11N3O/c1-7(13-12-3)9-6-8(11-2)4-5-10(9)14/h4-6,14H,2-3H2,1H3/b13-7+. The highest BCUT2D eigenvalue weighted by atomic mass is 16.3. The molecule has 0 amide bonds. The van der Waals surface area contributed by atoms with Crippen LogP contribution in [0.15, 0.2) is 33.4 Å². The van der Waals surface area contributed by atoms with Crippen LogP contribution in [0.1, 0.15) is 12.5 Å². The Kier molecular flexibility index (Phi) is 3.12. The van der Waals surface area contributed by atoms with Crippen molar-refractivity contribution in [1.29, 1.82) is 0 Å². The zero-order valence-electron chi connectivity index (χ0n) is 7.94. The molecule has 0 heterocycles. The van der Waals surface area contributed by atoms with E-state index in [-0.39, 0.29) is 5.75 Å². The normalized spacial score (nSPS) is 11.1. The van der Waals surface area contributed by atoms with Crippen molar-refractivity contribution < 1.29 is 5.11 Å². The van der Waals surface area contributed by atoms with Crippen LogP contribution in [0.3, 0.4) is 0 Å². The molecule has 1 aromatic rings. The fourth-order valence-electron chi connectivity index (χ4n) is 1.07. The van der Waals surface area contributed by atoms with Gasteiger partial charge in [0.25, 0.3) is 0 Å². The summed E-state index contributed by atoms with van der Waals surface area (Å²) >= 11 is 0. The van der Waals surface area contributed by atoms with Gasteiger partial charge in [0.15, 0.2) is 0 Å². The minimum absolute atomic E-state index is 0.141. The summed E-state index contributed by atoms with van der Waals surface area (Å²) in [7, 11) is 0. The smallest absolute Gasteiger partial charge is 0.124 e. The van der Waals surface area contributed by atoms with Gasteiger partial charge in [-0.15, -0.1) is 0 Å². The molecule has 0 fully saturated rings. The Morgan fingerprint density at radius 1 is 1.36 bits per heavy atom. The van der Waals surface area contributed by atoms with E-state index in [1.807, 2.05) is 0 Å². The lowest BCUT2D eigenvalue weighted by atomic mass is 10.1. The molecule has 0 aromatic heterocycles. The molecule has 0 spiro atoms. The summed E-state index contributed by atoms with van der Waals surface area (Å²) in [6.07, 6.45) is 0. The maximum absolute atomic E-state index is 9.52. The number of rotatable bonds is 3. The summed E-state index contributed by atoms with van der Waals surface area (Å²) < 4.78 is 0. The third kappa shape index (κ3) is 2.04. The second-order valence-corrected chi connectivity index (χ2v) is 2.69. The van der Waals surface area contributed by atoms with Crippen LogP contribution in [0.5, 0.6) is 5.75 Å². The largest absolute Gasteiger partial charge is 0.507 e. The zero-order chi connectivity index (χ0) is 10.6. The van der Waals surface area contributed by atoms with Crippen molar-refractivity contribution in [2.24, 2.45) is 15.2 Å². The lowest BCUT2D eigenvalue weighted by Crippen LogP contribution is -1.93. The predicted octanol–water partition coefficient (Wildman–Crippen LogP) is 2.15. The molecule has 1 rings (SSSR count). The molecule has 0 aliphatic rings. The Morgan fingerprint density at radius 2 is 2.07 bits per heavy atom. The molecule has 0 aliphatic carbocycles. The van der Waals surface area contributed by atoms with Gasteiger partial charge in [0, 0.05) is 12.3 Å². The molecule has 1 aromatic carbocycles. The lowest BCUT2D eigenvalue weighted by Gasteiger charge is -2.03. The molecule has 0 saturated heterocycles. The van der Waals surface area contributed by atoms with E-state index < -0.39 is 0 Å². The van der Waals surface area contributed by atoms with Crippen molar-refractivity contribution in [2.75, 3.05) is 0 Å². The van der Waals surface area contributed by atoms with Gasteiger partial charge in [-0.2, -0.15) is 10.2 Å². The van der Waals surface area contributed by atoms with Crippen LogP contribution in [0.25, 0.3) is 0 Å². The molecular weight excluding hydrogens is 178 g/mol. The Hall–Kier alpha value is -1.97. The zero-order valence-corrected chi connectivity index (χ0v) is 7.94. The van der Waals surface area contributed by atoms with E-state index in [4.69, 9.17) is 0 Å². The summed E-state index contributed by atoms with van der Waals surface area (Å²) in [5.74, 6) is 0.141. The molecule has 4 heteroatoms. The summed E-state index contributed by atoms with van der Waals surface area (Å²) in [5.41, 5.74) is 1.85. The lowest BCUT2D eigenvalue weighted by molar-refractivity contribution is 0.474. The van der Waals surface area contributed by atoms with Gasteiger partial charge in [-0.3, -0.25) is 4.99 Å². The van der Waals surface area contributed by atoms with Gasteiger partial charge in [0.05, 0.1) is 11.4 Å². The Balaban J connectivity index is 3.24. The second kappa shape index (κ2) is 4.32. The van der Waals surface area contributed by atoms with Crippen LogP contribution in [-0.2, 0) is 0 Å². The first-order valence-corrected chi connectivity index (χ1v) is 3.99. The first-order valence-electron chi connectivity index (χ1n) is 3.99. The monoisotopic (exact) mass is 189 g/mol. The fraction of sp³-hybridized carbons (Fsp3) is 0.100. The number of hydrogen-bond acceptors (Lipinski definition) is 4. The molecule has 0 unspecified atom stereocenters. The number of nitrogens with zero attached hydrogens (tertiary/aromatic N) is 3. The van der Waals surface area contributed by atoms with Gasteiger partial charge < -0.3 is 5.11 Å². The van der Waals surface area contributed by atoms with Crippen LogP contribution < -0.4 is 0 Å². The Labute approximate surface area is 82.3 Å². The summed E-state index contributed by atoms with van der Waals surface area (Å²) in [6.45, 7) is 8.38.